The van der Waals surface area contributed by atoms with Gasteiger partial charge < -0.3 is 10.8 Å². The van der Waals surface area contributed by atoms with Crippen molar-refractivity contribution in [3.8, 4) is 0 Å². The fraction of sp³-hybridized carbons (Fsp3) is 0.500. The van der Waals surface area contributed by atoms with Crippen LogP contribution in [0, 0.1) is 0 Å². The Morgan fingerprint density at radius 2 is 2.55 bits per heavy atom. The van der Waals surface area contributed by atoms with Gasteiger partial charge in [0.2, 0.25) is 0 Å². The van der Waals surface area contributed by atoms with Crippen LogP contribution >= 0.6 is 11.3 Å². The van der Waals surface area contributed by atoms with E-state index >= 15 is 0 Å². The number of thiophene rings is 1. The quantitative estimate of drug-likeness (QED) is 0.654. The van der Waals surface area contributed by atoms with Gasteiger partial charge in [-0.1, -0.05) is 0 Å². The van der Waals surface area contributed by atoms with Gasteiger partial charge in [-0.25, -0.2) is 0 Å². The first kappa shape index (κ1) is 7.28. The minimum Gasteiger partial charge on any atom is -0.394 e. The molecule has 3 N–H and O–H groups in total. The smallest absolute Gasteiger partial charge is 0.0743 e. The molecular formula is C8H11NOS. The Morgan fingerprint density at radius 1 is 1.73 bits per heavy atom. The summed E-state index contributed by atoms with van der Waals surface area (Å²) in [7, 11) is 0. The average Bonchev–Trinajstić information content (AvgIpc) is 2.55. The molecule has 0 saturated carbocycles. The summed E-state index contributed by atoms with van der Waals surface area (Å²) < 4.78 is 0. The minimum absolute atomic E-state index is 0.0700. The zero-order chi connectivity index (χ0) is 7.90. The van der Waals surface area contributed by atoms with Gasteiger partial charge in [0.25, 0.3) is 0 Å². The second-order valence-electron chi connectivity index (χ2n) is 3.09. The van der Waals surface area contributed by atoms with Crippen LogP contribution in [0.2, 0.25) is 0 Å². The van der Waals surface area contributed by atoms with Crippen LogP contribution in [0.4, 0.5) is 0 Å². The topological polar surface area (TPSA) is 46.2 Å². The molecule has 0 aromatic carbocycles. The van der Waals surface area contributed by atoms with E-state index in [2.05, 4.69) is 6.07 Å². The highest BCUT2D eigenvalue weighted by Crippen LogP contribution is 2.37. The van der Waals surface area contributed by atoms with Crippen molar-refractivity contribution in [2.45, 2.75) is 18.4 Å². The van der Waals surface area contributed by atoms with Crippen LogP contribution < -0.4 is 5.73 Å². The van der Waals surface area contributed by atoms with Gasteiger partial charge in [-0.3, -0.25) is 0 Å². The lowest BCUT2D eigenvalue weighted by molar-refractivity contribution is 0.199. The highest BCUT2D eigenvalue weighted by atomic mass is 32.1. The lowest BCUT2D eigenvalue weighted by atomic mass is 10.0. The van der Waals surface area contributed by atoms with E-state index in [0.717, 1.165) is 12.8 Å². The molecule has 0 fully saturated rings. The van der Waals surface area contributed by atoms with Gasteiger partial charge in [0, 0.05) is 4.88 Å². The monoisotopic (exact) mass is 169 g/mol. The molecule has 2 rings (SSSR count). The maximum absolute atomic E-state index is 9.07. The number of fused-ring (bicyclic) bond motifs is 1. The predicted octanol–water partition coefficient (Wildman–Crippen LogP) is 0.841. The van der Waals surface area contributed by atoms with Crippen LogP contribution in [-0.4, -0.2) is 11.7 Å². The van der Waals surface area contributed by atoms with Crippen LogP contribution in [0.15, 0.2) is 11.4 Å². The van der Waals surface area contributed by atoms with Gasteiger partial charge >= 0.3 is 0 Å². The third kappa shape index (κ3) is 0.922. The molecule has 0 spiro atoms. The first-order chi connectivity index (χ1) is 5.26. The highest BCUT2D eigenvalue weighted by Gasteiger charge is 2.35. The number of aliphatic hydroxyl groups excluding tert-OH is 1. The van der Waals surface area contributed by atoms with Gasteiger partial charge in [-0.15, -0.1) is 11.3 Å². The van der Waals surface area contributed by atoms with Gasteiger partial charge in [-0.2, -0.15) is 0 Å². The van der Waals surface area contributed by atoms with Gasteiger partial charge in [0.15, 0.2) is 0 Å². The van der Waals surface area contributed by atoms with Crippen LogP contribution in [-0.2, 0) is 12.0 Å². The standard InChI is InChI=1S/C8H11NOS/c9-8(5-10)3-1-6-2-4-11-7(6)8/h2,4,10H,1,3,5,9H2. The summed E-state index contributed by atoms with van der Waals surface area (Å²) in [6, 6.07) is 2.10. The third-order valence-corrected chi connectivity index (χ3v) is 3.50. The van der Waals surface area contributed by atoms with Crippen molar-refractivity contribution < 1.29 is 5.11 Å². The molecule has 1 heterocycles. The first-order valence-corrected chi connectivity index (χ1v) is 4.61. The second-order valence-corrected chi connectivity index (χ2v) is 4.01. The Balaban J connectivity index is 2.45. The predicted molar refractivity (Wildman–Crippen MR) is 45.6 cm³/mol. The SMILES string of the molecule is NC1(CO)CCc2ccsc21. The number of rotatable bonds is 1. The van der Waals surface area contributed by atoms with Gasteiger partial charge in [0.05, 0.1) is 12.1 Å². The van der Waals surface area contributed by atoms with Crippen LogP contribution in [0.3, 0.4) is 0 Å². The molecule has 1 aromatic rings. The molecule has 60 valence electrons. The summed E-state index contributed by atoms with van der Waals surface area (Å²) in [6.45, 7) is 0.0700. The van der Waals surface area contributed by atoms with E-state index in [9.17, 15) is 0 Å². The summed E-state index contributed by atoms with van der Waals surface area (Å²) in [6.07, 6.45) is 1.92. The largest absolute Gasteiger partial charge is 0.394 e. The number of nitrogens with two attached hydrogens (primary N) is 1. The highest BCUT2D eigenvalue weighted by molar-refractivity contribution is 7.10. The number of aryl methyl sites for hydroxylation is 1. The normalized spacial score (nSPS) is 28.9. The summed E-state index contributed by atoms with van der Waals surface area (Å²) in [5.41, 5.74) is 6.87. The van der Waals surface area contributed by atoms with E-state index in [1.54, 1.807) is 11.3 Å². The Hall–Kier alpha value is -0.380. The lowest BCUT2D eigenvalue weighted by Gasteiger charge is -2.19. The van der Waals surface area contributed by atoms with E-state index in [1.165, 1.54) is 10.4 Å². The summed E-state index contributed by atoms with van der Waals surface area (Å²) in [5, 5.41) is 11.1. The molecule has 0 amide bonds. The van der Waals surface area contributed by atoms with E-state index in [1.807, 2.05) is 5.38 Å². The molecule has 2 nitrogen and oxygen atoms in total. The summed E-state index contributed by atoms with van der Waals surface area (Å²) >= 11 is 1.66. The Morgan fingerprint density at radius 3 is 3.27 bits per heavy atom. The lowest BCUT2D eigenvalue weighted by Crippen LogP contribution is -2.37. The zero-order valence-electron chi connectivity index (χ0n) is 6.21. The summed E-state index contributed by atoms with van der Waals surface area (Å²) in [5.74, 6) is 0. The Bertz CT molecular complexity index is 271. The fourth-order valence-corrected chi connectivity index (χ4v) is 2.68. The van der Waals surface area contributed by atoms with Crippen LogP contribution in [0.1, 0.15) is 16.9 Å². The molecular weight excluding hydrogens is 158 g/mol. The van der Waals surface area contributed by atoms with Crippen LogP contribution in [0.25, 0.3) is 0 Å². The molecule has 0 radical (unpaired) electrons. The molecule has 0 bridgehead atoms. The Kier molecular flexibility index (Phi) is 1.52. The van der Waals surface area contributed by atoms with E-state index in [0.29, 0.717) is 0 Å². The maximum atomic E-state index is 9.07. The molecule has 11 heavy (non-hydrogen) atoms. The first-order valence-electron chi connectivity index (χ1n) is 3.73. The van der Waals surface area contributed by atoms with E-state index in [-0.39, 0.29) is 6.61 Å². The second kappa shape index (κ2) is 2.30. The van der Waals surface area contributed by atoms with Crippen molar-refractivity contribution in [1.82, 2.24) is 0 Å². The third-order valence-electron chi connectivity index (χ3n) is 2.32. The van der Waals surface area contributed by atoms with Crippen molar-refractivity contribution in [3.05, 3.63) is 21.9 Å². The maximum Gasteiger partial charge on any atom is 0.0743 e. The molecule has 1 aromatic heterocycles. The van der Waals surface area contributed by atoms with E-state index in [4.69, 9.17) is 10.8 Å². The zero-order valence-corrected chi connectivity index (χ0v) is 7.03. The van der Waals surface area contributed by atoms with Crippen molar-refractivity contribution in [1.29, 1.82) is 0 Å². The van der Waals surface area contributed by atoms with Gasteiger partial charge in [-0.05, 0) is 29.9 Å². The van der Waals surface area contributed by atoms with Crippen molar-refractivity contribution in [3.63, 3.8) is 0 Å². The molecule has 0 saturated heterocycles. The fourth-order valence-electron chi connectivity index (χ4n) is 1.59. The molecule has 3 heteroatoms. The van der Waals surface area contributed by atoms with Crippen LogP contribution in [0.5, 0.6) is 0 Å². The number of aliphatic hydroxyl groups is 1. The van der Waals surface area contributed by atoms with Crippen molar-refractivity contribution in [2.75, 3.05) is 6.61 Å². The molecule has 1 atom stereocenters. The Labute approximate surface area is 69.7 Å². The molecule has 1 unspecified atom stereocenters. The average molecular weight is 169 g/mol. The van der Waals surface area contributed by atoms with Crippen molar-refractivity contribution in [2.24, 2.45) is 5.73 Å². The number of hydrogen-bond acceptors (Lipinski definition) is 3. The number of hydrogen-bond donors (Lipinski definition) is 2. The molecule has 1 aliphatic rings. The van der Waals surface area contributed by atoms with E-state index < -0.39 is 5.54 Å². The van der Waals surface area contributed by atoms with Crippen molar-refractivity contribution >= 4 is 11.3 Å². The summed E-state index contributed by atoms with van der Waals surface area (Å²) in [4.78, 5) is 1.18. The molecule has 1 aliphatic carbocycles. The minimum atomic E-state index is -0.427. The molecule has 0 aliphatic heterocycles. The van der Waals surface area contributed by atoms with Gasteiger partial charge in [0.1, 0.15) is 0 Å².